The number of hydrogen-bond donors (Lipinski definition) is 0. The summed E-state index contributed by atoms with van der Waals surface area (Å²) < 4.78 is 15.4. The van der Waals surface area contributed by atoms with Crippen molar-refractivity contribution in [2.75, 3.05) is 0 Å². The Hall–Kier alpha value is -1.26. The SMILES string of the molecule is Fc1c(Br)ccc2c(Br)cc(-c3ccccc3)nc12. The Morgan fingerprint density at radius 3 is 2.37 bits per heavy atom. The zero-order valence-corrected chi connectivity index (χ0v) is 12.9. The van der Waals surface area contributed by atoms with Crippen molar-refractivity contribution in [3.8, 4) is 11.3 Å². The maximum Gasteiger partial charge on any atom is 0.163 e. The Balaban J connectivity index is 2.32. The Labute approximate surface area is 126 Å². The minimum Gasteiger partial charge on any atom is -0.245 e. The van der Waals surface area contributed by atoms with Crippen LogP contribution in [0.15, 0.2) is 57.5 Å². The molecule has 0 saturated carbocycles. The molecule has 0 aliphatic heterocycles. The number of rotatable bonds is 1. The van der Waals surface area contributed by atoms with Crippen LogP contribution in [-0.4, -0.2) is 4.98 Å². The number of hydrogen-bond acceptors (Lipinski definition) is 1. The maximum atomic E-state index is 14.1. The summed E-state index contributed by atoms with van der Waals surface area (Å²) in [6, 6.07) is 15.2. The van der Waals surface area contributed by atoms with Gasteiger partial charge in [-0.25, -0.2) is 9.37 Å². The van der Waals surface area contributed by atoms with E-state index in [-0.39, 0.29) is 5.82 Å². The third-order valence-electron chi connectivity index (χ3n) is 2.89. The average Bonchev–Trinajstić information content (AvgIpc) is 2.44. The molecule has 4 heteroatoms. The van der Waals surface area contributed by atoms with Crippen molar-refractivity contribution in [2.45, 2.75) is 0 Å². The minimum atomic E-state index is -0.337. The summed E-state index contributed by atoms with van der Waals surface area (Å²) in [5.41, 5.74) is 2.07. The molecule has 0 fully saturated rings. The van der Waals surface area contributed by atoms with Crippen molar-refractivity contribution in [3.05, 3.63) is 63.3 Å². The van der Waals surface area contributed by atoms with Gasteiger partial charge in [0.25, 0.3) is 0 Å². The van der Waals surface area contributed by atoms with Gasteiger partial charge in [-0.15, -0.1) is 0 Å². The van der Waals surface area contributed by atoms with Gasteiger partial charge in [-0.3, -0.25) is 0 Å². The van der Waals surface area contributed by atoms with Crippen LogP contribution < -0.4 is 0 Å². The highest BCUT2D eigenvalue weighted by molar-refractivity contribution is 9.11. The van der Waals surface area contributed by atoms with Crippen molar-refractivity contribution in [1.29, 1.82) is 0 Å². The molecule has 3 rings (SSSR count). The first-order valence-electron chi connectivity index (χ1n) is 5.66. The van der Waals surface area contributed by atoms with Gasteiger partial charge in [0, 0.05) is 15.4 Å². The molecule has 0 aliphatic carbocycles. The fourth-order valence-corrected chi connectivity index (χ4v) is 2.81. The zero-order chi connectivity index (χ0) is 13.4. The lowest BCUT2D eigenvalue weighted by Crippen LogP contribution is -1.91. The van der Waals surface area contributed by atoms with Crippen molar-refractivity contribution in [3.63, 3.8) is 0 Å². The summed E-state index contributed by atoms with van der Waals surface area (Å²) >= 11 is 6.67. The van der Waals surface area contributed by atoms with Gasteiger partial charge in [0.05, 0.1) is 10.2 Å². The van der Waals surface area contributed by atoms with Crippen LogP contribution >= 0.6 is 31.9 Å². The van der Waals surface area contributed by atoms with Gasteiger partial charge in [0.15, 0.2) is 5.82 Å². The number of halogens is 3. The Kier molecular flexibility index (Phi) is 3.37. The van der Waals surface area contributed by atoms with Gasteiger partial charge < -0.3 is 0 Å². The molecule has 19 heavy (non-hydrogen) atoms. The molecule has 1 aromatic heterocycles. The van der Waals surface area contributed by atoms with Crippen LogP contribution in [0.4, 0.5) is 4.39 Å². The predicted octanol–water partition coefficient (Wildman–Crippen LogP) is 5.57. The number of fused-ring (bicyclic) bond motifs is 1. The van der Waals surface area contributed by atoms with Crippen LogP contribution in [0.1, 0.15) is 0 Å². The fourth-order valence-electron chi connectivity index (χ4n) is 1.95. The summed E-state index contributed by atoms with van der Waals surface area (Å²) in [5, 5.41) is 0.764. The first-order valence-corrected chi connectivity index (χ1v) is 7.25. The molecule has 0 N–H and O–H groups in total. The first-order chi connectivity index (χ1) is 9.16. The van der Waals surface area contributed by atoms with E-state index in [4.69, 9.17) is 0 Å². The van der Waals surface area contributed by atoms with E-state index in [2.05, 4.69) is 36.8 Å². The Bertz CT molecular complexity index is 757. The van der Waals surface area contributed by atoms with Gasteiger partial charge >= 0.3 is 0 Å². The van der Waals surface area contributed by atoms with Crippen LogP contribution in [-0.2, 0) is 0 Å². The first kappa shape index (κ1) is 12.8. The van der Waals surface area contributed by atoms with E-state index in [9.17, 15) is 4.39 Å². The van der Waals surface area contributed by atoms with Crippen LogP contribution in [0.2, 0.25) is 0 Å². The third-order valence-corrected chi connectivity index (χ3v) is 4.16. The monoisotopic (exact) mass is 379 g/mol. The largest absolute Gasteiger partial charge is 0.245 e. The molecule has 0 atom stereocenters. The number of pyridine rings is 1. The molecule has 3 aromatic rings. The van der Waals surface area contributed by atoms with Crippen molar-refractivity contribution in [1.82, 2.24) is 4.98 Å². The van der Waals surface area contributed by atoms with Crippen LogP contribution in [0.5, 0.6) is 0 Å². The molecule has 0 amide bonds. The van der Waals surface area contributed by atoms with Crippen molar-refractivity contribution in [2.24, 2.45) is 0 Å². The van der Waals surface area contributed by atoms with Crippen LogP contribution in [0.25, 0.3) is 22.2 Å². The van der Waals surface area contributed by atoms with Crippen LogP contribution in [0, 0.1) is 5.82 Å². The molecule has 2 aromatic carbocycles. The number of aromatic nitrogens is 1. The predicted molar refractivity (Wildman–Crippen MR) is 82.5 cm³/mol. The van der Waals surface area contributed by atoms with Gasteiger partial charge in [0.2, 0.25) is 0 Å². The lowest BCUT2D eigenvalue weighted by atomic mass is 10.1. The van der Waals surface area contributed by atoms with Crippen LogP contribution in [0.3, 0.4) is 0 Å². The second kappa shape index (κ2) is 5.02. The summed E-state index contributed by atoms with van der Waals surface area (Å²) in [6.45, 7) is 0. The number of benzene rings is 2. The summed E-state index contributed by atoms with van der Waals surface area (Å²) in [6.07, 6.45) is 0. The molecule has 0 unspecified atom stereocenters. The van der Waals surface area contributed by atoms with E-state index in [1.165, 1.54) is 0 Å². The molecule has 0 saturated heterocycles. The summed E-state index contributed by atoms with van der Waals surface area (Å²) in [5.74, 6) is -0.337. The highest BCUT2D eigenvalue weighted by atomic mass is 79.9. The highest BCUT2D eigenvalue weighted by Crippen LogP contribution is 2.32. The maximum absolute atomic E-state index is 14.1. The molecule has 94 valence electrons. The average molecular weight is 381 g/mol. The second-order valence-electron chi connectivity index (χ2n) is 4.11. The fraction of sp³-hybridized carbons (Fsp3) is 0. The van der Waals surface area contributed by atoms with Gasteiger partial charge in [0.1, 0.15) is 5.52 Å². The van der Waals surface area contributed by atoms with E-state index in [1.54, 1.807) is 6.07 Å². The molecule has 0 radical (unpaired) electrons. The quantitative estimate of drug-likeness (QED) is 0.538. The normalized spacial score (nSPS) is 10.9. The van der Waals surface area contributed by atoms with Crippen molar-refractivity contribution < 1.29 is 4.39 Å². The van der Waals surface area contributed by atoms with E-state index in [0.29, 0.717) is 9.99 Å². The summed E-state index contributed by atoms with van der Waals surface area (Å²) in [4.78, 5) is 4.43. The molecular weight excluding hydrogens is 373 g/mol. The van der Waals surface area contributed by atoms with Gasteiger partial charge in [-0.1, -0.05) is 52.3 Å². The molecular formula is C15H8Br2FN. The van der Waals surface area contributed by atoms with E-state index < -0.39 is 0 Å². The third kappa shape index (κ3) is 2.30. The molecule has 1 nitrogen and oxygen atoms in total. The lowest BCUT2D eigenvalue weighted by molar-refractivity contribution is 0.630. The highest BCUT2D eigenvalue weighted by Gasteiger charge is 2.11. The van der Waals surface area contributed by atoms with Gasteiger partial charge in [-0.2, -0.15) is 0 Å². The standard InChI is InChI=1S/C15H8Br2FN/c16-11-7-6-10-12(17)8-13(19-15(10)14(11)18)9-4-2-1-3-5-9/h1-8H. The lowest BCUT2D eigenvalue weighted by Gasteiger charge is -2.07. The smallest absolute Gasteiger partial charge is 0.163 e. The molecule has 1 heterocycles. The molecule has 0 aliphatic rings. The molecule has 0 spiro atoms. The van der Waals surface area contributed by atoms with Crippen molar-refractivity contribution >= 4 is 42.8 Å². The topological polar surface area (TPSA) is 12.9 Å². The molecule has 0 bridgehead atoms. The Morgan fingerprint density at radius 2 is 1.63 bits per heavy atom. The number of nitrogens with zero attached hydrogens (tertiary/aromatic N) is 1. The van der Waals surface area contributed by atoms with E-state index in [1.807, 2.05) is 42.5 Å². The Morgan fingerprint density at radius 1 is 0.895 bits per heavy atom. The van der Waals surface area contributed by atoms with Gasteiger partial charge in [-0.05, 0) is 28.1 Å². The second-order valence-corrected chi connectivity index (χ2v) is 5.82. The minimum absolute atomic E-state index is 0.337. The van der Waals surface area contributed by atoms with E-state index in [0.717, 1.165) is 21.1 Å². The van der Waals surface area contributed by atoms with E-state index >= 15 is 0 Å². The summed E-state index contributed by atoms with van der Waals surface area (Å²) in [7, 11) is 0. The zero-order valence-electron chi connectivity index (χ0n) is 9.70.